The maximum atomic E-state index is 12.7. The number of amides is 1. The quantitative estimate of drug-likeness (QED) is 0.772. The van der Waals surface area contributed by atoms with Gasteiger partial charge in [0.2, 0.25) is 0 Å². The van der Waals surface area contributed by atoms with E-state index in [9.17, 15) is 4.79 Å². The zero-order valence-corrected chi connectivity index (χ0v) is 16.7. The molecule has 1 aliphatic heterocycles. The summed E-state index contributed by atoms with van der Waals surface area (Å²) in [6.07, 6.45) is 3.43. The van der Waals surface area contributed by atoms with E-state index in [1.807, 2.05) is 48.3 Å². The van der Waals surface area contributed by atoms with Gasteiger partial charge in [0.05, 0.1) is 4.88 Å². The Morgan fingerprint density at radius 1 is 1.20 bits per heavy atom. The molecule has 0 saturated carbocycles. The summed E-state index contributed by atoms with van der Waals surface area (Å²) in [7, 11) is 1.99. The van der Waals surface area contributed by atoms with E-state index in [4.69, 9.17) is 11.6 Å². The van der Waals surface area contributed by atoms with E-state index in [1.165, 1.54) is 6.42 Å². The average Bonchev–Trinajstić information content (AvgIpc) is 3.10. The number of thiophene rings is 1. The number of likely N-dealkylation sites (tertiary alicyclic amines) is 1. The highest BCUT2D eigenvalue weighted by molar-refractivity contribution is 7.17. The predicted octanol–water partition coefficient (Wildman–Crippen LogP) is 4.95. The Morgan fingerprint density at radius 2 is 1.88 bits per heavy atom. The fourth-order valence-electron chi connectivity index (χ4n) is 3.15. The van der Waals surface area contributed by atoms with Crippen LogP contribution < -0.4 is 5.32 Å². The number of hydrogen-bond donors (Lipinski definition) is 1. The molecule has 3 nitrogen and oxygen atoms in total. The molecule has 1 amide bonds. The topological polar surface area (TPSA) is 32.3 Å². The molecule has 2 heterocycles. The summed E-state index contributed by atoms with van der Waals surface area (Å²) in [4.78, 5) is 16.7. The summed E-state index contributed by atoms with van der Waals surface area (Å²) in [5.74, 6) is 0.918. The molecule has 0 bridgehead atoms. The van der Waals surface area contributed by atoms with Crippen molar-refractivity contribution in [3.8, 4) is 10.4 Å². The van der Waals surface area contributed by atoms with Crippen LogP contribution in [0.1, 0.15) is 28.9 Å². The molecular formula is C19H24Cl2N2OS. The lowest BCUT2D eigenvalue weighted by molar-refractivity contribution is 0.0692. The van der Waals surface area contributed by atoms with Gasteiger partial charge in [-0.15, -0.1) is 23.7 Å². The molecule has 0 radical (unpaired) electrons. The maximum absolute atomic E-state index is 12.7. The highest BCUT2D eigenvalue weighted by Gasteiger charge is 2.24. The van der Waals surface area contributed by atoms with Crippen molar-refractivity contribution in [1.82, 2.24) is 10.2 Å². The SMILES string of the molecule is CNCCC1CCN(C(=O)c2ccc(-c3ccc(Cl)cc3)s2)CC1.Cl. The minimum absolute atomic E-state index is 0. The van der Waals surface area contributed by atoms with E-state index < -0.39 is 0 Å². The van der Waals surface area contributed by atoms with Crippen molar-refractivity contribution >= 4 is 41.3 Å². The third-order valence-electron chi connectivity index (χ3n) is 4.65. The summed E-state index contributed by atoms with van der Waals surface area (Å²) in [6, 6.07) is 11.7. The van der Waals surface area contributed by atoms with Crippen LogP contribution in [0.25, 0.3) is 10.4 Å². The van der Waals surface area contributed by atoms with E-state index in [0.29, 0.717) is 0 Å². The molecule has 1 saturated heterocycles. The number of carbonyl (C=O) groups excluding carboxylic acids is 1. The molecular weight excluding hydrogens is 375 g/mol. The molecule has 1 aliphatic rings. The van der Waals surface area contributed by atoms with Gasteiger partial charge in [0, 0.05) is 23.0 Å². The van der Waals surface area contributed by atoms with Crippen molar-refractivity contribution < 1.29 is 4.79 Å². The number of benzene rings is 1. The summed E-state index contributed by atoms with van der Waals surface area (Å²) < 4.78 is 0. The minimum Gasteiger partial charge on any atom is -0.338 e. The monoisotopic (exact) mass is 398 g/mol. The second-order valence-electron chi connectivity index (χ2n) is 6.30. The third-order valence-corrected chi connectivity index (χ3v) is 6.02. The fourth-order valence-corrected chi connectivity index (χ4v) is 4.26. The maximum Gasteiger partial charge on any atom is 0.263 e. The van der Waals surface area contributed by atoms with E-state index in [2.05, 4.69) is 5.32 Å². The van der Waals surface area contributed by atoms with Gasteiger partial charge >= 0.3 is 0 Å². The molecule has 0 spiro atoms. The highest BCUT2D eigenvalue weighted by atomic mass is 35.5. The number of hydrogen-bond acceptors (Lipinski definition) is 3. The normalized spacial score (nSPS) is 15.0. The van der Waals surface area contributed by atoms with Gasteiger partial charge in [0.25, 0.3) is 5.91 Å². The lowest BCUT2D eigenvalue weighted by Gasteiger charge is -2.31. The first-order valence-electron chi connectivity index (χ1n) is 8.47. The molecule has 3 rings (SSSR count). The van der Waals surface area contributed by atoms with Crippen LogP contribution >= 0.6 is 35.3 Å². The van der Waals surface area contributed by atoms with Gasteiger partial charge in [-0.1, -0.05) is 23.7 Å². The second-order valence-corrected chi connectivity index (χ2v) is 7.82. The fraction of sp³-hybridized carbons (Fsp3) is 0.421. The van der Waals surface area contributed by atoms with E-state index >= 15 is 0 Å². The first kappa shape index (κ1) is 20.2. The molecule has 0 aliphatic carbocycles. The van der Waals surface area contributed by atoms with Crippen molar-refractivity contribution in [2.75, 3.05) is 26.7 Å². The Hall–Kier alpha value is -1.07. The second kappa shape index (κ2) is 9.58. The summed E-state index contributed by atoms with van der Waals surface area (Å²) in [5, 5.41) is 3.94. The van der Waals surface area contributed by atoms with E-state index in [-0.39, 0.29) is 18.3 Å². The standard InChI is InChI=1S/C19H23ClN2OS.ClH/c1-21-11-8-14-9-12-22(13-10-14)19(23)18-7-6-17(24-18)15-2-4-16(20)5-3-15;/h2-7,14,21H,8-13H2,1H3;1H. The molecule has 1 aromatic carbocycles. The van der Waals surface area contributed by atoms with Crippen LogP contribution in [0, 0.1) is 5.92 Å². The van der Waals surface area contributed by atoms with Gasteiger partial charge in [-0.2, -0.15) is 0 Å². The van der Waals surface area contributed by atoms with Crippen LogP contribution in [0.2, 0.25) is 5.02 Å². The van der Waals surface area contributed by atoms with Gasteiger partial charge in [-0.25, -0.2) is 0 Å². The summed E-state index contributed by atoms with van der Waals surface area (Å²) in [6.45, 7) is 2.82. The molecule has 0 unspecified atom stereocenters. The summed E-state index contributed by atoms with van der Waals surface area (Å²) in [5.41, 5.74) is 1.11. The summed E-state index contributed by atoms with van der Waals surface area (Å²) >= 11 is 7.50. The Balaban J connectivity index is 0.00000225. The molecule has 2 aromatic rings. The lowest BCUT2D eigenvalue weighted by Crippen LogP contribution is -2.38. The number of halogens is 2. The average molecular weight is 399 g/mol. The molecule has 0 atom stereocenters. The zero-order chi connectivity index (χ0) is 16.9. The van der Waals surface area contributed by atoms with Crippen LogP contribution in [0.4, 0.5) is 0 Å². The van der Waals surface area contributed by atoms with Crippen molar-refractivity contribution in [3.63, 3.8) is 0 Å². The molecule has 136 valence electrons. The van der Waals surface area contributed by atoms with Crippen LogP contribution in [0.5, 0.6) is 0 Å². The third kappa shape index (κ3) is 5.20. The zero-order valence-electron chi connectivity index (χ0n) is 14.3. The number of rotatable bonds is 5. The Morgan fingerprint density at radius 3 is 2.52 bits per heavy atom. The largest absolute Gasteiger partial charge is 0.338 e. The van der Waals surface area contributed by atoms with Gasteiger partial charge in [0.15, 0.2) is 0 Å². The van der Waals surface area contributed by atoms with Gasteiger partial charge in [0.1, 0.15) is 0 Å². The first-order valence-corrected chi connectivity index (χ1v) is 9.66. The van der Waals surface area contributed by atoms with Crippen LogP contribution in [-0.2, 0) is 0 Å². The molecule has 25 heavy (non-hydrogen) atoms. The van der Waals surface area contributed by atoms with Crippen LogP contribution in [-0.4, -0.2) is 37.5 Å². The number of nitrogens with one attached hydrogen (secondary N) is 1. The van der Waals surface area contributed by atoms with Crippen LogP contribution in [0.3, 0.4) is 0 Å². The van der Waals surface area contributed by atoms with Crippen molar-refractivity contribution in [3.05, 3.63) is 46.3 Å². The molecule has 1 aromatic heterocycles. The highest BCUT2D eigenvalue weighted by Crippen LogP contribution is 2.30. The van der Waals surface area contributed by atoms with Crippen molar-refractivity contribution in [2.24, 2.45) is 5.92 Å². The van der Waals surface area contributed by atoms with Gasteiger partial charge in [-0.3, -0.25) is 4.79 Å². The van der Waals surface area contributed by atoms with Gasteiger partial charge < -0.3 is 10.2 Å². The number of nitrogens with zero attached hydrogens (tertiary/aromatic N) is 1. The van der Waals surface area contributed by atoms with Crippen LogP contribution in [0.15, 0.2) is 36.4 Å². The molecule has 1 fully saturated rings. The Kier molecular flexibility index (Phi) is 7.76. The minimum atomic E-state index is 0. The number of piperidine rings is 1. The van der Waals surface area contributed by atoms with Crippen molar-refractivity contribution in [2.45, 2.75) is 19.3 Å². The lowest BCUT2D eigenvalue weighted by atomic mass is 9.93. The predicted molar refractivity (Wildman–Crippen MR) is 109 cm³/mol. The smallest absolute Gasteiger partial charge is 0.263 e. The van der Waals surface area contributed by atoms with E-state index in [1.54, 1.807) is 11.3 Å². The molecule has 6 heteroatoms. The number of carbonyl (C=O) groups is 1. The molecule has 1 N–H and O–H groups in total. The Labute approximate surface area is 164 Å². The Bertz CT molecular complexity index is 679. The van der Waals surface area contributed by atoms with E-state index in [0.717, 1.165) is 58.7 Å². The van der Waals surface area contributed by atoms with Crippen molar-refractivity contribution in [1.29, 1.82) is 0 Å². The van der Waals surface area contributed by atoms with Gasteiger partial charge in [-0.05, 0) is 68.6 Å². The first-order chi connectivity index (χ1) is 11.7.